The first kappa shape index (κ1) is 20.3. The topological polar surface area (TPSA) is 67.3 Å². The van der Waals surface area contributed by atoms with Gasteiger partial charge in [0.25, 0.3) is 0 Å². The van der Waals surface area contributed by atoms with Gasteiger partial charge in [0.2, 0.25) is 0 Å². The summed E-state index contributed by atoms with van der Waals surface area (Å²) in [5.74, 6) is 0.0887. The van der Waals surface area contributed by atoms with Crippen LogP contribution >= 0.6 is 0 Å². The minimum atomic E-state index is -4.89. The molecule has 158 valence electrons. The molecule has 0 amide bonds. The second-order valence-corrected chi connectivity index (χ2v) is 7.34. The molecule has 0 bridgehead atoms. The van der Waals surface area contributed by atoms with Crippen LogP contribution in [0.5, 0.6) is 5.75 Å². The molecule has 1 aliphatic carbocycles. The molecule has 1 aromatic heterocycles. The summed E-state index contributed by atoms with van der Waals surface area (Å²) < 4.78 is 61.4. The van der Waals surface area contributed by atoms with Crippen molar-refractivity contribution in [3.05, 3.63) is 59.3 Å². The highest BCUT2D eigenvalue weighted by molar-refractivity contribution is 5.91. The van der Waals surface area contributed by atoms with Gasteiger partial charge in [-0.15, -0.1) is 0 Å². The maximum Gasteiger partial charge on any atom is 0.419 e. The molecule has 2 aromatic carbocycles. The summed E-state index contributed by atoms with van der Waals surface area (Å²) in [6.07, 6.45) is -4.00. The lowest BCUT2D eigenvalue weighted by Crippen LogP contribution is -2.54. The second kappa shape index (κ2) is 7.09. The number of rotatable bonds is 3. The average Bonchev–Trinajstić information content (AvgIpc) is 2.70. The zero-order valence-corrected chi connectivity index (χ0v) is 16.2. The number of aryl methyl sites for hydroxylation is 2. The number of fused-ring (bicyclic) bond motifs is 2. The van der Waals surface area contributed by atoms with E-state index in [2.05, 4.69) is 15.3 Å². The van der Waals surface area contributed by atoms with Crippen LogP contribution in [0.2, 0.25) is 0 Å². The van der Waals surface area contributed by atoms with Gasteiger partial charge in [0.1, 0.15) is 22.9 Å². The minimum Gasteiger partial charge on any atom is -0.497 e. The molecular formula is C21H19F4N3O2. The number of alkyl halides is 3. The maximum absolute atomic E-state index is 14.2. The molecule has 3 aromatic rings. The molecular weight excluding hydrogens is 402 g/mol. The number of benzene rings is 2. The standard InChI is InChI=1S/C21H19F4N3O2/c1-11-26-10-15-17(6-5-16(22)18(15)27-11)28-19-14-9-13(30-2)4-3-12(14)7-8-20(19,29)21(23,24)25/h3-6,9-10,19,28-29H,7-8H2,1-2H3/t19-,20+/m0/s1. The van der Waals surface area contributed by atoms with Crippen molar-refractivity contribution in [1.29, 1.82) is 0 Å². The van der Waals surface area contributed by atoms with Gasteiger partial charge in [0.05, 0.1) is 13.2 Å². The molecule has 0 spiro atoms. The number of hydrogen-bond donors (Lipinski definition) is 2. The van der Waals surface area contributed by atoms with E-state index in [1.54, 1.807) is 19.1 Å². The molecule has 0 fully saturated rings. The number of aliphatic hydroxyl groups is 1. The first-order chi connectivity index (χ1) is 14.1. The Morgan fingerprint density at radius 2 is 2.00 bits per heavy atom. The smallest absolute Gasteiger partial charge is 0.419 e. The minimum absolute atomic E-state index is 0.00952. The molecule has 2 N–H and O–H groups in total. The molecule has 4 rings (SSSR count). The largest absolute Gasteiger partial charge is 0.497 e. The first-order valence-electron chi connectivity index (χ1n) is 9.28. The van der Waals surface area contributed by atoms with Gasteiger partial charge in [-0.1, -0.05) is 6.07 Å². The Hall–Kier alpha value is -2.94. The van der Waals surface area contributed by atoms with E-state index < -0.39 is 30.1 Å². The molecule has 0 aliphatic heterocycles. The normalized spacial score (nSPS) is 21.4. The number of aromatic nitrogens is 2. The molecule has 5 nitrogen and oxygen atoms in total. The van der Waals surface area contributed by atoms with E-state index in [0.29, 0.717) is 17.1 Å². The third-order valence-corrected chi connectivity index (χ3v) is 5.53. The fourth-order valence-electron chi connectivity index (χ4n) is 3.88. The predicted molar refractivity (Wildman–Crippen MR) is 103 cm³/mol. The van der Waals surface area contributed by atoms with Gasteiger partial charge in [-0.3, -0.25) is 0 Å². The summed E-state index contributed by atoms with van der Waals surface area (Å²) in [7, 11) is 1.41. The van der Waals surface area contributed by atoms with Crippen molar-refractivity contribution in [3.8, 4) is 5.75 Å². The molecule has 9 heteroatoms. The number of nitrogens with one attached hydrogen (secondary N) is 1. The Kier molecular flexibility index (Phi) is 4.80. The summed E-state index contributed by atoms with van der Waals surface area (Å²) in [6.45, 7) is 1.59. The van der Waals surface area contributed by atoms with Crippen LogP contribution in [0.1, 0.15) is 29.4 Å². The highest BCUT2D eigenvalue weighted by Crippen LogP contribution is 2.49. The van der Waals surface area contributed by atoms with Crippen LogP contribution in [0.4, 0.5) is 23.2 Å². The number of hydrogen-bond acceptors (Lipinski definition) is 5. The Balaban J connectivity index is 1.89. The van der Waals surface area contributed by atoms with Gasteiger partial charge in [-0.25, -0.2) is 14.4 Å². The number of methoxy groups -OCH3 is 1. The quantitative estimate of drug-likeness (QED) is 0.611. The van der Waals surface area contributed by atoms with Crippen LogP contribution in [0.25, 0.3) is 10.9 Å². The Morgan fingerprint density at radius 1 is 1.23 bits per heavy atom. The molecule has 1 heterocycles. The number of ether oxygens (including phenoxy) is 1. The summed E-state index contributed by atoms with van der Waals surface area (Å²) in [4.78, 5) is 8.09. The summed E-state index contributed by atoms with van der Waals surface area (Å²) in [5.41, 5.74) is -1.91. The summed E-state index contributed by atoms with van der Waals surface area (Å²) >= 11 is 0. The van der Waals surface area contributed by atoms with Crippen LogP contribution in [-0.2, 0) is 6.42 Å². The van der Waals surface area contributed by atoms with Crippen LogP contribution in [0.3, 0.4) is 0 Å². The van der Waals surface area contributed by atoms with Crippen molar-refractivity contribution in [2.45, 2.75) is 37.6 Å². The average molecular weight is 421 g/mol. The fraction of sp³-hybridized carbons (Fsp3) is 0.333. The zero-order valence-electron chi connectivity index (χ0n) is 16.2. The highest BCUT2D eigenvalue weighted by atomic mass is 19.4. The van der Waals surface area contributed by atoms with Crippen LogP contribution < -0.4 is 10.1 Å². The monoisotopic (exact) mass is 421 g/mol. The van der Waals surface area contributed by atoms with Crippen molar-refractivity contribution in [1.82, 2.24) is 9.97 Å². The highest BCUT2D eigenvalue weighted by Gasteiger charge is 2.60. The predicted octanol–water partition coefficient (Wildman–Crippen LogP) is 4.48. The van der Waals surface area contributed by atoms with Crippen molar-refractivity contribution < 1.29 is 27.4 Å². The van der Waals surface area contributed by atoms with E-state index in [1.165, 1.54) is 25.4 Å². The van der Waals surface area contributed by atoms with Crippen molar-refractivity contribution in [3.63, 3.8) is 0 Å². The van der Waals surface area contributed by atoms with Gasteiger partial charge >= 0.3 is 6.18 Å². The zero-order chi connectivity index (χ0) is 21.7. The third-order valence-electron chi connectivity index (χ3n) is 5.53. The van der Waals surface area contributed by atoms with Crippen molar-refractivity contribution >= 4 is 16.6 Å². The van der Waals surface area contributed by atoms with Gasteiger partial charge < -0.3 is 15.2 Å². The molecule has 0 saturated heterocycles. The molecule has 1 aliphatic rings. The fourth-order valence-corrected chi connectivity index (χ4v) is 3.88. The number of halogens is 4. The Morgan fingerprint density at radius 3 is 2.70 bits per heavy atom. The SMILES string of the molecule is COc1ccc2c(c1)[C@H](Nc1ccc(F)c3nc(C)ncc13)[C@@](O)(C(F)(F)F)CC2. The van der Waals surface area contributed by atoms with E-state index in [-0.39, 0.29) is 28.6 Å². The van der Waals surface area contributed by atoms with E-state index in [0.717, 1.165) is 6.07 Å². The lowest BCUT2D eigenvalue weighted by Gasteiger charge is -2.43. The lowest BCUT2D eigenvalue weighted by atomic mass is 9.75. The van der Waals surface area contributed by atoms with Gasteiger partial charge in [-0.05, 0) is 55.2 Å². The molecule has 2 atom stereocenters. The van der Waals surface area contributed by atoms with Crippen LogP contribution in [0, 0.1) is 12.7 Å². The van der Waals surface area contributed by atoms with Crippen molar-refractivity contribution in [2.24, 2.45) is 0 Å². The third kappa shape index (κ3) is 3.23. The number of anilines is 1. The van der Waals surface area contributed by atoms with E-state index in [9.17, 15) is 22.7 Å². The lowest BCUT2D eigenvalue weighted by molar-refractivity contribution is -0.270. The summed E-state index contributed by atoms with van der Waals surface area (Å²) in [5, 5.41) is 13.8. The van der Waals surface area contributed by atoms with Gasteiger partial charge in [-0.2, -0.15) is 13.2 Å². The molecule has 0 unspecified atom stereocenters. The molecule has 30 heavy (non-hydrogen) atoms. The Bertz CT molecular complexity index is 1120. The van der Waals surface area contributed by atoms with E-state index in [4.69, 9.17) is 4.74 Å². The maximum atomic E-state index is 14.2. The Labute approximate surface area is 169 Å². The van der Waals surface area contributed by atoms with Crippen molar-refractivity contribution in [2.75, 3.05) is 12.4 Å². The van der Waals surface area contributed by atoms with E-state index >= 15 is 0 Å². The van der Waals surface area contributed by atoms with Crippen LogP contribution in [0.15, 0.2) is 36.5 Å². The van der Waals surface area contributed by atoms with Gasteiger partial charge in [0.15, 0.2) is 5.60 Å². The first-order valence-corrected chi connectivity index (χ1v) is 9.28. The summed E-state index contributed by atoms with van der Waals surface area (Å²) in [6, 6.07) is 5.74. The molecule has 0 radical (unpaired) electrons. The second-order valence-electron chi connectivity index (χ2n) is 7.34. The molecule has 0 saturated carbocycles. The number of nitrogens with zero attached hydrogens (tertiary/aromatic N) is 2. The van der Waals surface area contributed by atoms with Crippen LogP contribution in [-0.4, -0.2) is 34.0 Å². The van der Waals surface area contributed by atoms with Gasteiger partial charge in [0, 0.05) is 17.3 Å². The van der Waals surface area contributed by atoms with E-state index in [1.807, 2.05) is 0 Å².